The molecule has 0 radical (unpaired) electrons. The van der Waals surface area contributed by atoms with Gasteiger partial charge in [0.2, 0.25) is 0 Å². The second-order valence-electron chi connectivity index (χ2n) is 4.61. The number of nitrogens with zero attached hydrogens (tertiary/aromatic N) is 2. The quantitative estimate of drug-likeness (QED) is 0.876. The van der Waals surface area contributed by atoms with Crippen LogP contribution >= 0.6 is 0 Å². The van der Waals surface area contributed by atoms with E-state index in [0.717, 1.165) is 49.0 Å². The van der Waals surface area contributed by atoms with Gasteiger partial charge in [0.15, 0.2) is 5.82 Å². The smallest absolute Gasteiger partial charge is 0.151 e. The van der Waals surface area contributed by atoms with Crippen LogP contribution in [0.2, 0.25) is 0 Å². The molecule has 0 bridgehead atoms. The van der Waals surface area contributed by atoms with Gasteiger partial charge in [0.1, 0.15) is 5.75 Å². The minimum Gasteiger partial charge on any atom is -0.497 e. The molecule has 1 aromatic heterocycles. The maximum atomic E-state index is 5.16. The van der Waals surface area contributed by atoms with Gasteiger partial charge < -0.3 is 15.0 Å². The highest BCUT2D eigenvalue weighted by Gasteiger charge is 2.13. The van der Waals surface area contributed by atoms with E-state index in [4.69, 9.17) is 4.74 Å². The summed E-state index contributed by atoms with van der Waals surface area (Å²) in [6.07, 6.45) is 0. The van der Waals surface area contributed by atoms with E-state index in [1.54, 1.807) is 7.11 Å². The van der Waals surface area contributed by atoms with Crippen molar-refractivity contribution < 1.29 is 4.74 Å². The van der Waals surface area contributed by atoms with Gasteiger partial charge in [-0.15, -0.1) is 0 Å². The van der Waals surface area contributed by atoms with E-state index in [-0.39, 0.29) is 0 Å². The third-order valence-electron chi connectivity index (χ3n) is 3.41. The predicted octanol–water partition coefficient (Wildman–Crippen LogP) is 1.49. The van der Waals surface area contributed by atoms with Gasteiger partial charge in [-0.05, 0) is 29.8 Å². The summed E-state index contributed by atoms with van der Waals surface area (Å²) in [6.45, 7) is 4.05. The largest absolute Gasteiger partial charge is 0.497 e. The van der Waals surface area contributed by atoms with E-state index in [2.05, 4.69) is 26.5 Å². The fraction of sp³-hybridized carbons (Fsp3) is 0.357. The number of aromatic nitrogens is 2. The Kier molecular flexibility index (Phi) is 3.37. The maximum Gasteiger partial charge on any atom is 0.151 e. The van der Waals surface area contributed by atoms with Crippen LogP contribution < -0.4 is 15.0 Å². The monoisotopic (exact) mass is 258 g/mol. The topological polar surface area (TPSA) is 53.2 Å². The number of hydrogen-bond acceptors (Lipinski definition) is 4. The Balaban J connectivity index is 1.79. The molecule has 5 heteroatoms. The zero-order valence-electron chi connectivity index (χ0n) is 11.0. The third-order valence-corrected chi connectivity index (χ3v) is 3.41. The van der Waals surface area contributed by atoms with Crippen LogP contribution in [0.1, 0.15) is 0 Å². The fourth-order valence-electron chi connectivity index (χ4n) is 2.29. The van der Waals surface area contributed by atoms with E-state index in [0.29, 0.717) is 0 Å². The van der Waals surface area contributed by atoms with E-state index >= 15 is 0 Å². The summed E-state index contributed by atoms with van der Waals surface area (Å²) in [4.78, 5) is 2.29. The van der Waals surface area contributed by atoms with Gasteiger partial charge in [0, 0.05) is 32.2 Å². The van der Waals surface area contributed by atoms with E-state index in [1.165, 1.54) is 0 Å². The molecule has 0 aliphatic carbocycles. The molecule has 1 aliphatic rings. The van der Waals surface area contributed by atoms with Crippen molar-refractivity contribution >= 4 is 5.82 Å². The summed E-state index contributed by atoms with van der Waals surface area (Å²) in [5.74, 6) is 1.89. The summed E-state index contributed by atoms with van der Waals surface area (Å²) in [6, 6.07) is 10.1. The summed E-state index contributed by atoms with van der Waals surface area (Å²) in [5.41, 5.74) is 2.16. The zero-order chi connectivity index (χ0) is 13.1. The minimum atomic E-state index is 0.866. The average molecular weight is 258 g/mol. The average Bonchev–Trinajstić information content (AvgIpc) is 2.98. The lowest BCUT2D eigenvalue weighted by Crippen LogP contribution is -2.43. The highest BCUT2D eigenvalue weighted by molar-refractivity contribution is 5.64. The Morgan fingerprint density at radius 3 is 2.58 bits per heavy atom. The molecule has 2 N–H and O–H groups in total. The molecule has 1 aliphatic heterocycles. The van der Waals surface area contributed by atoms with Gasteiger partial charge in [-0.1, -0.05) is 0 Å². The molecular formula is C14H18N4O. The Morgan fingerprint density at radius 2 is 1.89 bits per heavy atom. The molecule has 1 saturated heterocycles. The van der Waals surface area contributed by atoms with Crippen molar-refractivity contribution in [3.05, 3.63) is 30.3 Å². The summed E-state index contributed by atoms with van der Waals surface area (Å²) < 4.78 is 5.16. The molecule has 5 nitrogen and oxygen atoms in total. The van der Waals surface area contributed by atoms with E-state index in [9.17, 15) is 0 Å². The number of methoxy groups -OCH3 is 1. The molecule has 0 unspecified atom stereocenters. The van der Waals surface area contributed by atoms with Gasteiger partial charge >= 0.3 is 0 Å². The molecule has 19 heavy (non-hydrogen) atoms. The van der Waals surface area contributed by atoms with Crippen LogP contribution in [0.4, 0.5) is 5.82 Å². The van der Waals surface area contributed by atoms with Gasteiger partial charge in [0.25, 0.3) is 0 Å². The standard InChI is InChI=1S/C14H18N4O/c1-19-12-4-2-11(3-5-12)13-10-14(17-16-13)18-8-6-15-7-9-18/h2-5,10,15H,6-9H2,1H3,(H,16,17). The molecule has 2 aromatic rings. The summed E-state index contributed by atoms with van der Waals surface area (Å²) in [5, 5.41) is 10.8. The first-order chi connectivity index (χ1) is 9.36. The van der Waals surface area contributed by atoms with Crippen LogP contribution in [0.3, 0.4) is 0 Å². The van der Waals surface area contributed by atoms with Crippen LogP contribution in [0.15, 0.2) is 30.3 Å². The lowest BCUT2D eigenvalue weighted by atomic mass is 10.1. The fourth-order valence-corrected chi connectivity index (χ4v) is 2.29. The number of aromatic amines is 1. The van der Waals surface area contributed by atoms with E-state index in [1.807, 2.05) is 24.3 Å². The van der Waals surface area contributed by atoms with Crippen molar-refractivity contribution in [3.8, 4) is 17.0 Å². The van der Waals surface area contributed by atoms with Crippen LogP contribution in [0.25, 0.3) is 11.3 Å². The Morgan fingerprint density at radius 1 is 1.16 bits per heavy atom. The van der Waals surface area contributed by atoms with Gasteiger partial charge in [0.05, 0.1) is 12.8 Å². The van der Waals surface area contributed by atoms with Crippen LogP contribution in [-0.4, -0.2) is 43.5 Å². The van der Waals surface area contributed by atoms with Crippen molar-refractivity contribution in [3.63, 3.8) is 0 Å². The van der Waals surface area contributed by atoms with Gasteiger partial charge in [-0.25, -0.2) is 0 Å². The highest BCUT2D eigenvalue weighted by atomic mass is 16.5. The van der Waals surface area contributed by atoms with Crippen molar-refractivity contribution in [2.75, 3.05) is 38.2 Å². The van der Waals surface area contributed by atoms with Crippen molar-refractivity contribution in [1.29, 1.82) is 0 Å². The highest BCUT2D eigenvalue weighted by Crippen LogP contribution is 2.24. The Bertz CT molecular complexity index is 529. The normalized spacial score (nSPS) is 15.5. The zero-order valence-corrected chi connectivity index (χ0v) is 11.0. The molecular weight excluding hydrogens is 240 g/mol. The lowest BCUT2D eigenvalue weighted by Gasteiger charge is -2.26. The molecule has 3 rings (SSSR count). The second-order valence-corrected chi connectivity index (χ2v) is 4.61. The number of benzene rings is 1. The van der Waals surface area contributed by atoms with E-state index < -0.39 is 0 Å². The number of rotatable bonds is 3. The number of hydrogen-bond donors (Lipinski definition) is 2. The van der Waals surface area contributed by atoms with Crippen molar-refractivity contribution in [1.82, 2.24) is 15.5 Å². The first kappa shape index (κ1) is 12.0. The van der Waals surface area contributed by atoms with Crippen molar-refractivity contribution in [2.24, 2.45) is 0 Å². The lowest BCUT2D eigenvalue weighted by molar-refractivity contribution is 0.415. The second kappa shape index (κ2) is 5.32. The molecule has 1 aromatic carbocycles. The number of ether oxygens (including phenoxy) is 1. The Hall–Kier alpha value is -2.01. The molecule has 2 heterocycles. The van der Waals surface area contributed by atoms with Crippen LogP contribution in [0, 0.1) is 0 Å². The first-order valence-corrected chi connectivity index (χ1v) is 6.52. The maximum absolute atomic E-state index is 5.16. The van der Waals surface area contributed by atoms with Crippen LogP contribution in [0.5, 0.6) is 5.75 Å². The summed E-state index contributed by atoms with van der Waals surface area (Å²) >= 11 is 0. The SMILES string of the molecule is COc1ccc(-c2cc(N3CCNCC3)n[nH]2)cc1. The van der Waals surface area contributed by atoms with Crippen LogP contribution in [-0.2, 0) is 0 Å². The van der Waals surface area contributed by atoms with Gasteiger partial charge in [-0.3, -0.25) is 5.10 Å². The molecule has 0 atom stereocenters. The predicted molar refractivity (Wildman–Crippen MR) is 75.7 cm³/mol. The molecule has 0 saturated carbocycles. The Labute approximate surface area is 112 Å². The molecule has 0 amide bonds. The molecule has 0 spiro atoms. The number of nitrogens with one attached hydrogen (secondary N) is 2. The van der Waals surface area contributed by atoms with Crippen molar-refractivity contribution in [2.45, 2.75) is 0 Å². The van der Waals surface area contributed by atoms with Gasteiger partial charge in [-0.2, -0.15) is 5.10 Å². The summed E-state index contributed by atoms with van der Waals surface area (Å²) in [7, 11) is 1.67. The first-order valence-electron chi connectivity index (χ1n) is 6.52. The number of piperazine rings is 1. The minimum absolute atomic E-state index is 0.866. The third kappa shape index (κ3) is 2.56. The number of anilines is 1. The number of H-pyrrole nitrogens is 1. The molecule has 100 valence electrons. The molecule has 1 fully saturated rings.